The number of benzene rings is 2. The smallest absolute Gasteiger partial charge is 0.344 e. The van der Waals surface area contributed by atoms with Gasteiger partial charge in [0.15, 0.2) is 10.4 Å². The summed E-state index contributed by atoms with van der Waals surface area (Å²) >= 11 is 9.93. The van der Waals surface area contributed by atoms with Crippen LogP contribution in [0, 0.1) is 0 Å². The van der Waals surface area contributed by atoms with E-state index in [1.54, 1.807) is 30.3 Å². The minimum atomic E-state index is -1.06. The van der Waals surface area contributed by atoms with Crippen LogP contribution in [-0.2, 0) is 9.59 Å². The van der Waals surface area contributed by atoms with E-state index < -0.39 is 12.1 Å². The Morgan fingerprint density at radius 1 is 1.26 bits per heavy atom. The fourth-order valence-electron chi connectivity index (χ4n) is 2.37. The highest BCUT2D eigenvalue weighted by Crippen LogP contribution is 2.37. The zero-order valence-corrected chi connectivity index (χ0v) is 17.3. The molecule has 0 aliphatic carbocycles. The highest BCUT2D eigenvalue weighted by Gasteiger charge is 2.33. The van der Waals surface area contributed by atoms with E-state index in [-0.39, 0.29) is 5.91 Å². The number of rotatable bonds is 5. The van der Waals surface area contributed by atoms with Gasteiger partial charge in [0.25, 0.3) is 5.91 Å². The largest absolute Gasteiger partial charge is 0.479 e. The third kappa shape index (κ3) is 4.40. The van der Waals surface area contributed by atoms with Crippen molar-refractivity contribution in [2.24, 2.45) is 0 Å². The number of aliphatic carboxylic acids is 1. The number of thioether (sulfide) groups is 1. The Morgan fingerprint density at radius 2 is 1.93 bits per heavy atom. The molecule has 5 nitrogen and oxygen atoms in total. The summed E-state index contributed by atoms with van der Waals surface area (Å²) in [6.45, 7) is 1.45. The Hall–Kier alpha value is -2.16. The maximum absolute atomic E-state index is 12.9. The molecule has 1 N–H and O–H groups in total. The van der Waals surface area contributed by atoms with E-state index in [0.29, 0.717) is 26.2 Å². The first-order chi connectivity index (χ1) is 12.9. The van der Waals surface area contributed by atoms with Gasteiger partial charge in [0.1, 0.15) is 5.75 Å². The summed E-state index contributed by atoms with van der Waals surface area (Å²) < 4.78 is 6.83. The summed E-state index contributed by atoms with van der Waals surface area (Å²) in [4.78, 5) is 25.8. The highest BCUT2D eigenvalue weighted by atomic mass is 79.9. The van der Waals surface area contributed by atoms with Crippen LogP contribution < -0.4 is 9.64 Å². The van der Waals surface area contributed by atoms with E-state index in [1.807, 2.05) is 24.3 Å². The van der Waals surface area contributed by atoms with Crippen LogP contribution in [0.25, 0.3) is 6.08 Å². The molecule has 0 saturated carbocycles. The lowest BCUT2D eigenvalue weighted by Crippen LogP contribution is -2.27. The van der Waals surface area contributed by atoms with Crippen LogP contribution in [0.2, 0.25) is 0 Å². The number of amides is 1. The fraction of sp³-hybridized carbons (Fsp3) is 0.105. The van der Waals surface area contributed by atoms with Crippen LogP contribution in [0.5, 0.6) is 5.75 Å². The SMILES string of the molecule is CC(Oc1ccccc1/C=C1/SC(=S)N(c2ccc(Br)cc2)C1=O)C(=O)O. The molecule has 1 saturated heterocycles. The summed E-state index contributed by atoms with van der Waals surface area (Å²) in [5, 5.41) is 9.05. The van der Waals surface area contributed by atoms with Gasteiger partial charge in [-0.15, -0.1) is 0 Å². The van der Waals surface area contributed by atoms with Crippen molar-refractivity contribution < 1.29 is 19.4 Å². The number of carboxylic acids is 1. The number of thiocarbonyl (C=S) groups is 1. The molecule has 1 amide bonds. The maximum atomic E-state index is 12.9. The second-order valence-electron chi connectivity index (χ2n) is 5.63. The zero-order valence-electron chi connectivity index (χ0n) is 14.1. The van der Waals surface area contributed by atoms with Crippen molar-refractivity contribution in [1.82, 2.24) is 0 Å². The molecule has 0 spiro atoms. The highest BCUT2D eigenvalue weighted by molar-refractivity contribution is 9.10. The summed E-state index contributed by atoms with van der Waals surface area (Å²) in [6, 6.07) is 14.3. The van der Waals surface area contributed by atoms with Crippen molar-refractivity contribution in [3.63, 3.8) is 0 Å². The molecule has 3 rings (SSSR count). The molecule has 1 heterocycles. The van der Waals surface area contributed by atoms with Crippen LogP contribution >= 0.6 is 39.9 Å². The first-order valence-corrected chi connectivity index (χ1v) is 9.90. The standard InChI is InChI=1S/C19H14BrNO4S2/c1-11(18(23)24)25-15-5-3-2-4-12(15)10-16-17(22)21(19(26)27-16)14-8-6-13(20)7-9-14/h2-11H,1H3,(H,23,24)/b16-10+. The third-order valence-electron chi connectivity index (χ3n) is 3.74. The lowest BCUT2D eigenvalue weighted by atomic mass is 10.1. The van der Waals surface area contributed by atoms with Gasteiger partial charge in [-0.05, 0) is 43.3 Å². The molecule has 2 aromatic carbocycles. The Kier molecular flexibility index (Phi) is 5.98. The van der Waals surface area contributed by atoms with Crippen molar-refractivity contribution in [3.05, 3.63) is 63.5 Å². The number of anilines is 1. The van der Waals surface area contributed by atoms with Crippen molar-refractivity contribution >= 4 is 67.9 Å². The van der Waals surface area contributed by atoms with Gasteiger partial charge in [-0.2, -0.15) is 0 Å². The van der Waals surface area contributed by atoms with Crippen LogP contribution in [0.4, 0.5) is 5.69 Å². The number of carbonyl (C=O) groups is 2. The molecule has 138 valence electrons. The Bertz CT molecular complexity index is 943. The van der Waals surface area contributed by atoms with Crippen LogP contribution in [0.3, 0.4) is 0 Å². The van der Waals surface area contributed by atoms with Gasteiger partial charge >= 0.3 is 5.97 Å². The second-order valence-corrected chi connectivity index (χ2v) is 8.22. The van der Waals surface area contributed by atoms with Crippen LogP contribution in [0.15, 0.2) is 57.9 Å². The molecule has 1 unspecified atom stereocenters. The number of halogens is 1. The number of carboxylic acid groups (broad SMARTS) is 1. The van der Waals surface area contributed by atoms with E-state index in [4.69, 9.17) is 22.1 Å². The normalized spacial score (nSPS) is 16.7. The summed E-state index contributed by atoms with van der Waals surface area (Å²) in [5.74, 6) is -0.902. The van der Waals surface area contributed by atoms with Gasteiger partial charge in [-0.1, -0.05) is 58.1 Å². The first-order valence-electron chi connectivity index (χ1n) is 7.89. The van der Waals surface area contributed by atoms with Gasteiger partial charge in [0.05, 0.1) is 10.6 Å². The third-order valence-corrected chi connectivity index (χ3v) is 5.57. The first kappa shape index (κ1) is 19.6. The predicted molar refractivity (Wildman–Crippen MR) is 114 cm³/mol. The van der Waals surface area contributed by atoms with Crippen molar-refractivity contribution in [1.29, 1.82) is 0 Å². The van der Waals surface area contributed by atoms with Crippen LogP contribution in [0.1, 0.15) is 12.5 Å². The molecular weight excluding hydrogens is 450 g/mol. The molecule has 2 aromatic rings. The van der Waals surface area contributed by atoms with E-state index in [1.165, 1.54) is 23.6 Å². The Labute approximate surface area is 174 Å². The number of carbonyl (C=O) groups excluding carboxylic acids is 1. The van der Waals surface area contributed by atoms with E-state index in [9.17, 15) is 9.59 Å². The van der Waals surface area contributed by atoms with Gasteiger partial charge in [0.2, 0.25) is 0 Å². The minimum absolute atomic E-state index is 0.228. The number of hydrogen-bond donors (Lipinski definition) is 1. The molecule has 1 fully saturated rings. The van der Waals surface area contributed by atoms with Gasteiger partial charge in [-0.3, -0.25) is 9.69 Å². The molecule has 27 heavy (non-hydrogen) atoms. The van der Waals surface area contributed by atoms with E-state index in [2.05, 4.69) is 15.9 Å². The monoisotopic (exact) mass is 463 g/mol. The second kappa shape index (κ2) is 8.24. The number of nitrogens with zero attached hydrogens (tertiary/aromatic N) is 1. The molecule has 1 aliphatic rings. The maximum Gasteiger partial charge on any atom is 0.344 e. The molecule has 8 heteroatoms. The zero-order chi connectivity index (χ0) is 19.6. The molecule has 0 bridgehead atoms. The van der Waals surface area contributed by atoms with Gasteiger partial charge in [-0.25, -0.2) is 4.79 Å². The van der Waals surface area contributed by atoms with Gasteiger partial charge < -0.3 is 9.84 Å². The summed E-state index contributed by atoms with van der Waals surface area (Å²) in [5.41, 5.74) is 1.30. The van der Waals surface area contributed by atoms with E-state index in [0.717, 1.165) is 4.47 Å². The molecule has 0 aromatic heterocycles. The van der Waals surface area contributed by atoms with Crippen LogP contribution in [-0.4, -0.2) is 27.4 Å². The molecule has 1 aliphatic heterocycles. The molecule has 0 radical (unpaired) electrons. The Morgan fingerprint density at radius 3 is 2.59 bits per heavy atom. The number of para-hydroxylation sites is 1. The number of ether oxygens (including phenoxy) is 1. The van der Waals surface area contributed by atoms with Crippen molar-refractivity contribution in [2.75, 3.05) is 4.90 Å². The van der Waals surface area contributed by atoms with Crippen molar-refractivity contribution in [3.8, 4) is 5.75 Å². The van der Waals surface area contributed by atoms with E-state index >= 15 is 0 Å². The average Bonchev–Trinajstić information content (AvgIpc) is 2.91. The topological polar surface area (TPSA) is 66.8 Å². The summed E-state index contributed by atoms with van der Waals surface area (Å²) in [7, 11) is 0. The lowest BCUT2D eigenvalue weighted by Gasteiger charge is -2.14. The molecular formula is C19H14BrNO4S2. The predicted octanol–water partition coefficient (Wildman–Crippen LogP) is 4.71. The van der Waals surface area contributed by atoms with Crippen molar-refractivity contribution in [2.45, 2.75) is 13.0 Å². The fourth-order valence-corrected chi connectivity index (χ4v) is 3.92. The minimum Gasteiger partial charge on any atom is -0.479 e. The summed E-state index contributed by atoms with van der Waals surface area (Å²) in [6.07, 6.45) is 0.666. The van der Waals surface area contributed by atoms with Gasteiger partial charge in [0, 0.05) is 10.0 Å². The Balaban J connectivity index is 1.90. The molecule has 1 atom stereocenters. The average molecular weight is 464 g/mol. The number of hydrogen-bond acceptors (Lipinski definition) is 5. The lowest BCUT2D eigenvalue weighted by molar-refractivity contribution is -0.144. The quantitative estimate of drug-likeness (QED) is 0.511.